The van der Waals surface area contributed by atoms with E-state index >= 15 is 0 Å². The van der Waals surface area contributed by atoms with E-state index in [-0.39, 0.29) is 11.6 Å². The number of hydrogen-bond donors (Lipinski definition) is 0. The van der Waals surface area contributed by atoms with Crippen molar-refractivity contribution in [2.75, 3.05) is 0 Å². The first-order valence-electron chi connectivity index (χ1n) is 5.45. The van der Waals surface area contributed by atoms with E-state index in [0.29, 0.717) is 10.6 Å². The molecule has 4 heteroatoms. The van der Waals surface area contributed by atoms with E-state index in [1.807, 2.05) is 0 Å². The van der Waals surface area contributed by atoms with Crippen LogP contribution in [0.4, 0.5) is 8.78 Å². The van der Waals surface area contributed by atoms with Gasteiger partial charge in [0.05, 0.1) is 16.6 Å². The largest absolute Gasteiger partial charge is 0.254 e. The molecule has 0 spiro atoms. The molecule has 18 heavy (non-hydrogen) atoms. The monoisotopic (exact) mass is 266 g/mol. The van der Waals surface area contributed by atoms with Crippen molar-refractivity contribution in [2.24, 2.45) is 0 Å². The Labute approximate surface area is 107 Å². The Bertz CT molecular complexity index is 579. The SMILES string of the molecule is Cc1cc(F)ccc1CS(=O)c1ccc(F)cc1. The summed E-state index contributed by atoms with van der Waals surface area (Å²) >= 11 is 0. The molecule has 0 aliphatic heterocycles. The van der Waals surface area contributed by atoms with Crippen molar-refractivity contribution in [3.05, 3.63) is 65.2 Å². The van der Waals surface area contributed by atoms with Gasteiger partial charge in [0, 0.05) is 4.90 Å². The van der Waals surface area contributed by atoms with Crippen LogP contribution < -0.4 is 0 Å². The Morgan fingerprint density at radius 1 is 1.00 bits per heavy atom. The molecule has 2 aromatic carbocycles. The summed E-state index contributed by atoms with van der Waals surface area (Å²) in [7, 11) is -1.25. The van der Waals surface area contributed by atoms with Crippen molar-refractivity contribution < 1.29 is 13.0 Å². The van der Waals surface area contributed by atoms with Gasteiger partial charge in [-0.3, -0.25) is 4.21 Å². The highest BCUT2D eigenvalue weighted by atomic mass is 32.2. The summed E-state index contributed by atoms with van der Waals surface area (Å²) in [6.45, 7) is 1.78. The average Bonchev–Trinajstić information content (AvgIpc) is 2.33. The van der Waals surface area contributed by atoms with Gasteiger partial charge in [-0.05, 0) is 54.4 Å². The lowest BCUT2D eigenvalue weighted by atomic mass is 10.1. The van der Waals surface area contributed by atoms with E-state index in [1.54, 1.807) is 13.0 Å². The summed E-state index contributed by atoms with van der Waals surface area (Å²) in [5, 5.41) is 0. The van der Waals surface area contributed by atoms with E-state index in [4.69, 9.17) is 0 Å². The zero-order valence-electron chi connectivity index (χ0n) is 9.82. The second kappa shape index (κ2) is 5.40. The van der Waals surface area contributed by atoms with Crippen LogP contribution in [-0.4, -0.2) is 4.21 Å². The van der Waals surface area contributed by atoms with Gasteiger partial charge < -0.3 is 0 Å². The maximum Gasteiger partial charge on any atom is 0.123 e. The van der Waals surface area contributed by atoms with Gasteiger partial charge in [0.25, 0.3) is 0 Å². The second-order valence-corrected chi connectivity index (χ2v) is 5.47. The molecular weight excluding hydrogens is 254 g/mol. The fourth-order valence-corrected chi connectivity index (χ4v) is 2.84. The molecule has 1 unspecified atom stereocenters. The number of halogens is 2. The number of hydrogen-bond acceptors (Lipinski definition) is 1. The third-order valence-corrected chi connectivity index (χ3v) is 4.04. The van der Waals surface area contributed by atoms with Crippen LogP contribution in [0.5, 0.6) is 0 Å². The lowest BCUT2D eigenvalue weighted by molar-refractivity contribution is 0.625. The van der Waals surface area contributed by atoms with Crippen LogP contribution in [0, 0.1) is 18.6 Å². The normalized spacial score (nSPS) is 12.4. The summed E-state index contributed by atoms with van der Waals surface area (Å²) in [5.74, 6) is -0.352. The first-order valence-corrected chi connectivity index (χ1v) is 6.77. The lowest BCUT2D eigenvalue weighted by Gasteiger charge is -2.06. The van der Waals surface area contributed by atoms with Crippen LogP contribution in [0.3, 0.4) is 0 Å². The van der Waals surface area contributed by atoms with E-state index < -0.39 is 10.8 Å². The highest BCUT2D eigenvalue weighted by Crippen LogP contribution is 2.16. The van der Waals surface area contributed by atoms with Gasteiger partial charge in [-0.2, -0.15) is 0 Å². The van der Waals surface area contributed by atoms with Crippen LogP contribution in [0.1, 0.15) is 11.1 Å². The van der Waals surface area contributed by atoms with Crippen molar-refractivity contribution in [2.45, 2.75) is 17.6 Å². The quantitative estimate of drug-likeness (QED) is 0.830. The van der Waals surface area contributed by atoms with Crippen molar-refractivity contribution in [1.82, 2.24) is 0 Å². The Hall–Kier alpha value is -1.55. The average molecular weight is 266 g/mol. The second-order valence-electron chi connectivity index (χ2n) is 4.01. The van der Waals surface area contributed by atoms with Crippen LogP contribution in [0.15, 0.2) is 47.4 Å². The molecule has 2 aromatic rings. The van der Waals surface area contributed by atoms with E-state index in [1.165, 1.54) is 36.4 Å². The van der Waals surface area contributed by atoms with E-state index in [2.05, 4.69) is 0 Å². The third kappa shape index (κ3) is 3.01. The topological polar surface area (TPSA) is 17.1 Å². The zero-order valence-corrected chi connectivity index (χ0v) is 10.6. The Kier molecular flexibility index (Phi) is 3.87. The number of aryl methyl sites for hydroxylation is 1. The van der Waals surface area contributed by atoms with Gasteiger partial charge >= 0.3 is 0 Å². The van der Waals surface area contributed by atoms with Gasteiger partial charge in [0.1, 0.15) is 11.6 Å². The highest BCUT2D eigenvalue weighted by Gasteiger charge is 2.08. The summed E-state index contributed by atoms with van der Waals surface area (Å²) < 4.78 is 37.7. The zero-order chi connectivity index (χ0) is 13.1. The molecule has 0 radical (unpaired) electrons. The van der Waals surface area contributed by atoms with Crippen molar-refractivity contribution in [3.8, 4) is 0 Å². The number of rotatable bonds is 3. The predicted octanol–water partition coefficient (Wildman–Crippen LogP) is 3.58. The molecule has 0 saturated carbocycles. The minimum absolute atomic E-state index is 0.302. The van der Waals surface area contributed by atoms with Gasteiger partial charge in [-0.1, -0.05) is 6.07 Å². The molecule has 0 aromatic heterocycles. The van der Waals surface area contributed by atoms with Gasteiger partial charge in [-0.15, -0.1) is 0 Å². The summed E-state index contributed by atoms with van der Waals surface area (Å²) in [5.41, 5.74) is 1.60. The molecular formula is C14H12F2OS. The molecule has 1 atom stereocenters. The first kappa shape index (κ1) is 12.9. The fourth-order valence-electron chi connectivity index (χ4n) is 1.63. The van der Waals surface area contributed by atoms with Crippen molar-refractivity contribution in [3.63, 3.8) is 0 Å². The van der Waals surface area contributed by atoms with Crippen LogP contribution in [0.25, 0.3) is 0 Å². The Morgan fingerprint density at radius 2 is 1.61 bits per heavy atom. The molecule has 0 aliphatic rings. The van der Waals surface area contributed by atoms with Gasteiger partial charge in [-0.25, -0.2) is 8.78 Å². The maximum absolute atomic E-state index is 12.9. The first-order chi connectivity index (χ1) is 8.56. The minimum atomic E-state index is -1.25. The van der Waals surface area contributed by atoms with Crippen LogP contribution in [-0.2, 0) is 16.6 Å². The smallest absolute Gasteiger partial charge is 0.123 e. The Balaban J connectivity index is 2.18. The lowest BCUT2D eigenvalue weighted by Crippen LogP contribution is -1.99. The molecule has 1 nitrogen and oxygen atoms in total. The molecule has 0 N–H and O–H groups in total. The minimum Gasteiger partial charge on any atom is -0.254 e. The highest BCUT2D eigenvalue weighted by molar-refractivity contribution is 7.84. The standard InChI is InChI=1S/C14H12F2OS/c1-10-8-13(16)3-2-11(10)9-18(17)14-6-4-12(15)5-7-14/h2-8H,9H2,1H3. The Morgan fingerprint density at radius 3 is 2.22 bits per heavy atom. The summed E-state index contributed by atoms with van der Waals surface area (Å²) in [6.07, 6.45) is 0. The molecule has 0 heterocycles. The molecule has 0 aliphatic carbocycles. The molecule has 0 amide bonds. The number of benzene rings is 2. The fraction of sp³-hybridized carbons (Fsp3) is 0.143. The van der Waals surface area contributed by atoms with Gasteiger partial charge in [0.2, 0.25) is 0 Å². The van der Waals surface area contributed by atoms with Crippen LogP contribution in [0.2, 0.25) is 0 Å². The van der Waals surface area contributed by atoms with Crippen molar-refractivity contribution in [1.29, 1.82) is 0 Å². The molecule has 2 rings (SSSR count). The van der Waals surface area contributed by atoms with E-state index in [9.17, 15) is 13.0 Å². The summed E-state index contributed by atoms with van der Waals surface area (Å²) in [4.78, 5) is 0.570. The molecule has 0 saturated heterocycles. The van der Waals surface area contributed by atoms with Gasteiger partial charge in [0.15, 0.2) is 0 Å². The van der Waals surface area contributed by atoms with Crippen LogP contribution >= 0.6 is 0 Å². The molecule has 94 valence electrons. The summed E-state index contributed by atoms with van der Waals surface area (Å²) in [6, 6.07) is 9.97. The van der Waals surface area contributed by atoms with Crippen molar-refractivity contribution >= 4 is 10.8 Å². The maximum atomic E-state index is 12.9. The predicted molar refractivity (Wildman–Crippen MR) is 67.6 cm³/mol. The molecule has 0 fully saturated rings. The molecule has 0 bridgehead atoms. The third-order valence-electron chi connectivity index (χ3n) is 2.67. The van der Waals surface area contributed by atoms with E-state index in [0.717, 1.165) is 11.1 Å².